The number of carbonyl (C=O) groups excluding carboxylic acids is 3. The van der Waals surface area contributed by atoms with E-state index in [1.165, 1.54) is 25.0 Å². The fraction of sp³-hybridized carbons (Fsp3) is 0.167. The number of rotatable bonds is 5. The highest BCUT2D eigenvalue weighted by atomic mass is 35.5. The van der Waals surface area contributed by atoms with Crippen LogP contribution in [0.2, 0.25) is 10.0 Å². The topological polar surface area (TPSA) is 75.7 Å². The van der Waals surface area contributed by atoms with Gasteiger partial charge in [-0.05, 0) is 30.3 Å². The zero-order chi connectivity index (χ0) is 19.3. The lowest BCUT2D eigenvalue weighted by Gasteiger charge is -2.22. The molecule has 26 heavy (non-hydrogen) atoms. The summed E-state index contributed by atoms with van der Waals surface area (Å²) in [4.78, 5) is 37.1. The third-order valence-corrected chi connectivity index (χ3v) is 4.28. The van der Waals surface area contributed by atoms with E-state index in [9.17, 15) is 14.4 Å². The van der Waals surface area contributed by atoms with Crippen LogP contribution in [0.5, 0.6) is 0 Å². The molecule has 0 aliphatic heterocycles. The molecule has 0 spiro atoms. The number of halogens is 2. The smallest absolute Gasteiger partial charge is 0.337 e. The average molecular weight is 395 g/mol. The van der Waals surface area contributed by atoms with E-state index in [0.29, 0.717) is 16.9 Å². The molecule has 6 nitrogen and oxygen atoms in total. The van der Waals surface area contributed by atoms with Crippen LogP contribution in [0.15, 0.2) is 42.5 Å². The number of nitrogens with one attached hydrogen (secondary N) is 1. The molecule has 0 heterocycles. The first-order chi connectivity index (χ1) is 12.3. The van der Waals surface area contributed by atoms with Gasteiger partial charge in [-0.3, -0.25) is 9.59 Å². The van der Waals surface area contributed by atoms with Gasteiger partial charge >= 0.3 is 5.97 Å². The predicted molar refractivity (Wildman–Crippen MR) is 101 cm³/mol. The molecule has 2 aromatic rings. The first-order valence-corrected chi connectivity index (χ1v) is 8.29. The van der Waals surface area contributed by atoms with E-state index in [2.05, 4.69) is 10.1 Å². The van der Waals surface area contributed by atoms with Crippen LogP contribution in [-0.2, 0) is 14.3 Å². The van der Waals surface area contributed by atoms with E-state index in [-0.39, 0.29) is 22.5 Å². The van der Waals surface area contributed by atoms with E-state index in [0.717, 1.165) is 0 Å². The number of ether oxygens (including phenoxy) is 1. The number of esters is 1. The minimum absolute atomic E-state index is 0.185. The molecule has 0 aliphatic carbocycles. The molecule has 0 atom stereocenters. The normalized spacial score (nSPS) is 10.2. The second kappa shape index (κ2) is 8.69. The Balaban J connectivity index is 2.18. The van der Waals surface area contributed by atoms with Gasteiger partial charge < -0.3 is 15.0 Å². The monoisotopic (exact) mass is 394 g/mol. The van der Waals surface area contributed by atoms with Crippen molar-refractivity contribution in [3.63, 3.8) is 0 Å². The minimum atomic E-state index is -0.517. The van der Waals surface area contributed by atoms with E-state index < -0.39 is 11.9 Å². The summed E-state index contributed by atoms with van der Waals surface area (Å²) in [7, 11) is 1.27. The summed E-state index contributed by atoms with van der Waals surface area (Å²) < 4.78 is 4.64. The summed E-state index contributed by atoms with van der Waals surface area (Å²) in [6.45, 7) is 1.06. The Morgan fingerprint density at radius 2 is 1.81 bits per heavy atom. The summed E-state index contributed by atoms with van der Waals surface area (Å²) >= 11 is 12.1. The number of anilines is 2. The van der Waals surface area contributed by atoms with Crippen LogP contribution in [-0.4, -0.2) is 31.4 Å². The second-order valence-electron chi connectivity index (χ2n) is 5.30. The number of methoxy groups -OCH3 is 1. The second-order valence-corrected chi connectivity index (χ2v) is 6.08. The lowest BCUT2D eigenvalue weighted by molar-refractivity contribution is -0.120. The number of carbonyl (C=O) groups is 3. The van der Waals surface area contributed by atoms with Crippen LogP contribution < -0.4 is 10.2 Å². The Bertz CT molecular complexity index is 855. The van der Waals surface area contributed by atoms with Crippen LogP contribution in [0.4, 0.5) is 11.4 Å². The maximum absolute atomic E-state index is 12.4. The molecule has 0 aliphatic rings. The number of amides is 2. The van der Waals surface area contributed by atoms with Gasteiger partial charge in [0, 0.05) is 12.6 Å². The van der Waals surface area contributed by atoms with Crippen molar-refractivity contribution in [2.45, 2.75) is 6.92 Å². The van der Waals surface area contributed by atoms with Crippen molar-refractivity contribution in [1.82, 2.24) is 0 Å². The van der Waals surface area contributed by atoms with Crippen molar-refractivity contribution in [2.75, 3.05) is 23.9 Å². The van der Waals surface area contributed by atoms with Gasteiger partial charge in [0.25, 0.3) is 0 Å². The fourth-order valence-electron chi connectivity index (χ4n) is 2.25. The Hall–Kier alpha value is -2.57. The van der Waals surface area contributed by atoms with Crippen molar-refractivity contribution in [3.05, 3.63) is 58.1 Å². The summed E-state index contributed by atoms with van der Waals surface area (Å²) in [6.07, 6.45) is 0. The molecule has 2 rings (SSSR count). The highest BCUT2D eigenvalue weighted by Crippen LogP contribution is 2.32. The molecule has 0 radical (unpaired) electrons. The van der Waals surface area contributed by atoms with Gasteiger partial charge in [0.15, 0.2) is 0 Å². The van der Waals surface area contributed by atoms with Gasteiger partial charge in [-0.15, -0.1) is 0 Å². The molecular weight excluding hydrogens is 379 g/mol. The average Bonchev–Trinajstić information content (AvgIpc) is 2.61. The van der Waals surface area contributed by atoms with Gasteiger partial charge in [0.05, 0.1) is 28.4 Å². The first kappa shape index (κ1) is 19.8. The molecule has 8 heteroatoms. The standard InChI is InChI=1S/C18H16Cl2N2O4/c1-11(23)22(15-8-4-7-14(19)17(15)20)10-16(24)21-13-6-3-5-12(9-13)18(25)26-2/h3-9H,10H2,1-2H3,(H,21,24). The predicted octanol–water partition coefficient (Wildman–Crippen LogP) is 3.77. The van der Waals surface area contributed by atoms with Gasteiger partial charge in [-0.25, -0.2) is 4.79 Å². The molecule has 0 saturated carbocycles. The van der Waals surface area contributed by atoms with Crippen LogP contribution >= 0.6 is 23.2 Å². The highest BCUT2D eigenvalue weighted by Gasteiger charge is 2.20. The lowest BCUT2D eigenvalue weighted by atomic mass is 10.2. The summed E-state index contributed by atoms with van der Waals surface area (Å²) in [6, 6.07) is 11.1. The van der Waals surface area contributed by atoms with E-state index >= 15 is 0 Å². The molecule has 0 fully saturated rings. The third-order valence-electron chi connectivity index (χ3n) is 3.47. The summed E-state index contributed by atoms with van der Waals surface area (Å²) in [5, 5.41) is 3.10. The molecule has 0 aromatic heterocycles. The molecule has 0 bridgehead atoms. The van der Waals surface area contributed by atoms with Crippen molar-refractivity contribution >= 4 is 52.4 Å². The first-order valence-electron chi connectivity index (χ1n) is 7.54. The third kappa shape index (κ3) is 4.74. The van der Waals surface area contributed by atoms with Crippen LogP contribution in [0, 0.1) is 0 Å². The zero-order valence-electron chi connectivity index (χ0n) is 14.1. The number of hydrogen-bond donors (Lipinski definition) is 1. The number of benzene rings is 2. The maximum atomic E-state index is 12.4. The molecular formula is C18H16Cl2N2O4. The maximum Gasteiger partial charge on any atom is 0.337 e. The summed E-state index contributed by atoms with van der Waals surface area (Å²) in [5.41, 5.74) is 1.04. The van der Waals surface area contributed by atoms with Gasteiger partial charge in [-0.1, -0.05) is 35.3 Å². The Morgan fingerprint density at radius 3 is 2.46 bits per heavy atom. The lowest BCUT2D eigenvalue weighted by Crippen LogP contribution is -2.36. The van der Waals surface area contributed by atoms with E-state index in [1.807, 2.05) is 0 Å². The van der Waals surface area contributed by atoms with Crippen LogP contribution in [0.3, 0.4) is 0 Å². The van der Waals surface area contributed by atoms with Gasteiger partial charge in [-0.2, -0.15) is 0 Å². The largest absolute Gasteiger partial charge is 0.465 e. The van der Waals surface area contributed by atoms with E-state index in [1.54, 1.807) is 36.4 Å². The van der Waals surface area contributed by atoms with Crippen molar-refractivity contribution in [3.8, 4) is 0 Å². The van der Waals surface area contributed by atoms with Crippen molar-refractivity contribution in [1.29, 1.82) is 0 Å². The van der Waals surface area contributed by atoms with Gasteiger partial charge in [0.1, 0.15) is 6.54 Å². The Labute approximate surface area is 160 Å². The molecule has 0 unspecified atom stereocenters. The summed E-state index contributed by atoms with van der Waals surface area (Å²) in [5.74, 6) is -1.34. The Morgan fingerprint density at radius 1 is 1.12 bits per heavy atom. The van der Waals surface area contributed by atoms with E-state index in [4.69, 9.17) is 23.2 Å². The molecule has 136 valence electrons. The quantitative estimate of drug-likeness (QED) is 0.782. The molecule has 2 amide bonds. The molecule has 0 saturated heterocycles. The van der Waals surface area contributed by atoms with Crippen molar-refractivity contribution in [2.24, 2.45) is 0 Å². The minimum Gasteiger partial charge on any atom is -0.465 e. The zero-order valence-corrected chi connectivity index (χ0v) is 15.6. The number of nitrogens with zero attached hydrogens (tertiary/aromatic N) is 1. The fourth-order valence-corrected chi connectivity index (χ4v) is 2.65. The SMILES string of the molecule is COC(=O)c1cccc(NC(=O)CN(C(C)=O)c2cccc(Cl)c2Cl)c1. The Kier molecular flexibility index (Phi) is 6.60. The van der Waals surface area contributed by atoms with Crippen LogP contribution in [0.25, 0.3) is 0 Å². The number of hydrogen-bond acceptors (Lipinski definition) is 4. The molecule has 1 N–H and O–H groups in total. The molecule has 2 aromatic carbocycles. The van der Waals surface area contributed by atoms with Gasteiger partial charge in [0.2, 0.25) is 11.8 Å². The van der Waals surface area contributed by atoms with Crippen molar-refractivity contribution < 1.29 is 19.1 Å². The highest BCUT2D eigenvalue weighted by molar-refractivity contribution is 6.44. The van der Waals surface area contributed by atoms with Crippen LogP contribution in [0.1, 0.15) is 17.3 Å².